The van der Waals surface area contributed by atoms with Crippen LogP contribution in [0.5, 0.6) is 5.75 Å². The highest BCUT2D eigenvalue weighted by atomic mass is 19.1. The number of carbonyl (C=O) groups is 1. The van der Waals surface area contributed by atoms with Gasteiger partial charge in [0.2, 0.25) is 0 Å². The van der Waals surface area contributed by atoms with E-state index in [0.29, 0.717) is 11.3 Å². The molecule has 21 heavy (non-hydrogen) atoms. The van der Waals surface area contributed by atoms with E-state index in [9.17, 15) is 9.18 Å². The Hall–Kier alpha value is -2.16. The average molecular weight is 284 g/mol. The Bertz CT molecular complexity index is 692. The van der Waals surface area contributed by atoms with E-state index in [1.165, 1.54) is 23.3 Å². The molecule has 0 heterocycles. The van der Waals surface area contributed by atoms with E-state index in [-0.39, 0.29) is 18.2 Å². The van der Waals surface area contributed by atoms with Crippen molar-refractivity contribution in [2.24, 2.45) is 0 Å². The molecular weight excluding hydrogens is 267 g/mol. The van der Waals surface area contributed by atoms with Crippen LogP contribution in [0.1, 0.15) is 33.5 Å². The summed E-state index contributed by atoms with van der Waals surface area (Å²) < 4.78 is 18.6. The standard InChI is InChI=1S/C18H17FO2/c1-12-5-8-16(19)10-18(12)21-11-17(20)15-7-6-13-3-2-4-14(13)9-15/h5-10H,2-4,11H2,1H3. The zero-order chi connectivity index (χ0) is 14.8. The lowest BCUT2D eigenvalue weighted by Gasteiger charge is -2.09. The maximum absolute atomic E-state index is 13.2. The number of fused-ring (bicyclic) bond motifs is 1. The van der Waals surface area contributed by atoms with Crippen molar-refractivity contribution in [1.82, 2.24) is 0 Å². The van der Waals surface area contributed by atoms with Gasteiger partial charge in [-0.1, -0.05) is 18.2 Å². The molecule has 0 saturated heterocycles. The molecule has 0 aromatic heterocycles. The Morgan fingerprint density at radius 1 is 1.14 bits per heavy atom. The summed E-state index contributed by atoms with van der Waals surface area (Å²) in [5.74, 6) is -0.0153. The summed E-state index contributed by atoms with van der Waals surface area (Å²) >= 11 is 0. The number of benzene rings is 2. The van der Waals surface area contributed by atoms with Gasteiger partial charge in [0.1, 0.15) is 11.6 Å². The molecule has 0 saturated carbocycles. The van der Waals surface area contributed by atoms with Crippen molar-refractivity contribution in [3.8, 4) is 5.75 Å². The van der Waals surface area contributed by atoms with Crippen LogP contribution in [-0.4, -0.2) is 12.4 Å². The monoisotopic (exact) mass is 284 g/mol. The number of hydrogen-bond donors (Lipinski definition) is 0. The number of ether oxygens (including phenoxy) is 1. The van der Waals surface area contributed by atoms with E-state index >= 15 is 0 Å². The number of halogens is 1. The van der Waals surface area contributed by atoms with Crippen LogP contribution in [0.25, 0.3) is 0 Å². The van der Waals surface area contributed by atoms with Crippen molar-refractivity contribution >= 4 is 5.78 Å². The van der Waals surface area contributed by atoms with Gasteiger partial charge in [0.15, 0.2) is 12.4 Å². The lowest BCUT2D eigenvalue weighted by molar-refractivity contribution is 0.0920. The van der Waals surface area contributed by atoms with Gasteiger partial charge in [-0.2, -0.15) is 0 Å². The number of carbonyl (C=O) groups excluding carboxylic acids is 1. The lowest BCUT2D eigenvalue weighted by Crippen LogP contribution is -2.12. The van der Waals surface area contributed by atoms with Crippen molar-refractivity contribution in [2.45, 2.75) is 26.2 Å². The molecule has 0 bridgehead atoms. The Labute approximate surface area is 123 Å². The number of hydrogen-bond acceptors (Lipinski definition) is 2. The SMILES string of the molecule is Cc1ccc(F)cc1OCC(=O)c1ccc2c(c1)CCC2. The molecular formula is C18H17FO2. The van der Waals surface area contributed by atoms with Gasteiger partial charge in [0, 0.05) is 11.6 Å². The van der Waals surface area contributed by atoms with E-state index in [4.69, 9.17) is 4.74 Å². The predicted octanol–water partition coefficient (Wildman–Crippen LogP) is 3.88. The van der Waals surface area contributed by atoms with E-state index in [1.807, 2.05) is 25.1 Å². The Morgan fingerprint density at radius 3 is 2.81 bits per heavy atom. The maximum atomic E-state index is 13.2. The Balaban J connectivity index is 1.70. The van der Waals surface area contributed by atoms with Gasteiger partial charge < -0.3 is 4.74 Å². The maximum Gasteiger partial charge on any atom is 0.200 e. The van der Waals surface area contributed by atoms with Crippen molar-refractivity contribution in [2.75, 3.05) is 6.61 Å². The molecule has 0 amide bonds. The lowest BCUT2D eigenvalue weighted by atomic mass is 10.0. The van der Waals surface area contributed by atoms with Crippen molar-refractivity contribution in [3.05, 3.63) is 64.5 Å². The van der Waals surface area contributed by atoms with Gasteiger partial charge in [0.05, 0.1) is 0 Å². The Kier molecular flexibility index (Phi) is 3.74. The van der Waals surface area contributed by atoms with E-state index in [1.54, 1.807) is 6.07 Å². The number of Topliss-reactive ketones (excluding diaryl/α,β-unsaturated/α-hetero) is 1. The first-order chi connectivity index (χ1) is 10.1. The third-order valence-corrected chi connectivity index (χ3v) is 3.93. The zero-order valence-corrected chi connectivity index (χ0v) is 12.0. The normalized spacial score (nSPS) is 13.0. The summed E-state index contributed by atoms with van der Waals surface area (Å²) in [5, 5.41) is 0. The first-order valence-corrected chi connectivity index (χ1v) is 7.17. The largest absolute Gasteiger partial charge is 0.485 e. The molecule has 108 valence electrons. The molecule has 3 heteroatoms. The van der Waals surface area contributed by atoms with Crippen LogP contribution in [0, 0.1) is 12.7 Å². The fourth-order valence-electron chi connectivity index (χ4n) is 2.70. The van der Waals surface area contributed by atoms with Gasteiger partial charge in [0.25, 0.3) is 0 Å². The first kappa shape index (κ1) is 13.8. The summed E-state index contributed by atoms with van der Waals surface area (Å²) in [4.78, 5) is 12.2. The van der Waals surface area contributed by atoms with Crippen LogP contribution >= 0.6 is 0 Å². The molecule has 2 aromatic carbocycles. The molecule has 0 unspecified atom stereocenters. The molecule has 0 radical (unpaired) electrons. The van der Waals surface area contributed by atoms with Crippen molar-refractivity contribution in [3.63, 3.8) is 0 Å². The molecule has 0 fully saturated rings. The quantitative estimate of drug-likeness (QED) is 0.796. The third-order valence-electron chi connectivity index (χ3n) is 3.93. The van der Waals surface area contributed by atoms with Gasteiger partial charge >= 0.3 is 0 Å². The van der Waals surface area contributed by atoms with Gasteiger partial charge in [-0.25, -0.2) is 4.39 Å². The second kappa shape index (κ2) is 5.68. The summed E-state index contributed by atoms with van der Waals surface area (Å²) in [6.07, 6.45) is 3.30. The number of aryl methyl sites for hydroxylation is 3. The average Bonchev–Trinajstić information content (AvgIpc) is 2.95. The number of rotatable bonds is 4. The van der Waals surface area contributed by atoms with Crippen molar-refractivity contribution < 1.29 is 13.9 Å². The molecule has 2 nitrogen and oxygen atoms in total. The highest BCUT2D eigenvalue weighted by molar-refractivity contribution is 5.97. The fourth-order valence-corrected chi connectivity index (χ4v) is 2.70. The highest BCUT2D eigenvalue weighted by Crippen LogP contribution is 2.23. The summed E-state index contributed by atoms with van der Waals surface area (Å²) in [7, 11) is 0. The molecule has 0 spiro atoms. The minimum absolute atomic E-state index is 0.0664. The first-order valence-electron chi connectivity index (χ1n) is 7.17. The van der Waals surface area contributed by atoms with Crippen molar-refractivity contribution in [1.29, 1.82) is 0 Å². The molecule has 2 aromatic rings. The summed E-state index contributed by atoms with van der Waals surface area (Å²) in [6, 6.07) is 10.2. The molecule has 1 aliphatic carbocycles. The Morgan fingerprint density at radius 2 is 1.95 bits per heavy atom. The van der Waals surface area contributed by atoms with Crippen LogP contribution in [0.2, 0.25) is 0 Å². The smallest absolute Gasteiger partial charge is 0.200 e. The van der Waals surface area contributed by atoms with Gasteiger partial charge in [-0.05, 0) is 55.0 Å². The molecule has 0 atom stereocenters. The fraction of sp³-hybridized carbons (Fsp3) is 0.278. The van der Waals surface area contributed by atoms with E-state index < -0.39 is 0 Å². The second-order valence-corrected chi connectivity index (χ2v) is 5.46. The van der Waals surface area contributed by atoms with E-state index in [2.05, 4.69) is 0 Å². The minimum Gasteiger partial charge on any atom is -0.485 e. The predicted molar refractivity (Wildman–Crippen MR) is 79.4 cm³/mol. The topological polar surface area (TPSA) is 26.3 Å². The highest BCUT2D eigenvalue weighted by Gasteiger charge is 2.14. The van der Waals surface area contributed by atoms with Crippen LogP contribution in [0.15, 0.2) is 36.4 Å². The second-order valence-electron chi connectivity index (χ2n) is 5.46. The van der Waals surface area contributed by atoms with Gasteiger partial charge in [-0.15, -0.1) is 0 Å². The van der Waals surface area contributed by atoms with Crippen LogP contribution in [0.3, 0.4) is 0 Å². The van der Waals surface area contributed by atoms with Crippen LogP contribution in [0.4, 0.5) is 4.39 Å². The molecule has 1 aliphatic rings. The van der Waals surface area contributed by atoms with Gasteiger partial charge in [-0.3, -0.25) is 4.79 Å². The summed E-state index contributed by atoms with van der Waals surface area (Å²) in [6.45, 7) is 1.76. The van der Waals surface area contributed by atoms with Crippen LogP contribution < -0.4 is 4.74 Å². The number of ketones is 1. The van der Waals surface area contributed by atoms with E-state index in [0.717, 1.165) is 24.8 Å². The third kappa shape index (κ3) is 2.97. The van der Waals surface area contributed by atoms with Crippen LogP contribution in [-0.2, 0) is 12.8 Å². The zero-order valence-electron chi connectivity index (χ0n) is 12.0. The minimum atomic E-state index is -0.361. The molecule has 0 aliphatic heterocycles. The molecule has 3 rings (SSSR count). The summed E-state index contributed by atoms with van der Waals surface area (Å²) in [5.41, 5.74) is 4.10. The molecule has 0 N–H and O–H groups in total.